The number of hydrogen-bond donors (Lipinski definition) is 2. The molecule has 0 bridgehead atoms. The minimum Gasteiger partial charge on any atom is -0.406 e. The van der Waals surface area contributed by atoms with Gasteiger partial charge >= 0.3 is 12.4 Å². The lowest BCUT2D eigenvalue weighted by atomic mass is 10.2. The molecule has 1 saturated heterocycles. The van der Waals surface area contributed by atoms with Gasteiger partial charge in [-0.2, -0.15) is 0 Å². The molecule has 1 aliphatic heterocycles. The lowest BCUT2D eigenvalue weighted by Gasteiger charge is -2.35. The number of aryl methyl sites for hydroxylation is 1. The van der Waals surface area contributed by atoms with Crippen molar-refractivity contribution >= 4 is 29.1 Å². The van der Waals surface area contributed by atoms with Gasteiger partial charge in [0.05, 0.1) is 5.69 Å². The number of alkyl halides is 3. The normalized spacial score (nSPS) is 15.7. The fourth-order valence-electron chi connectivity index (χ4n) is 4.47. The number of piperazine rings is 1. The average molecular weight is 543 g/mol. The molecular weight excluding hydrogens is 513 g/mol. The minimum absolute atomic E-state index is 0.0964. The van der Waals surface area contributed by atoms with Gasteiger partial charge in [0.15, 0.2) is 0 Å². The SMILES string of the molecule is Cc1ccc(N2CCN(C(=O)c3cc(NC(=O)Nc4ccc(OC(F)(F)F)cc4)cn3CC3CC3)CC2)nc1. The van der Waals surface area contributed by atoms with Gasteiger partial charge in [-0.05, 0) is 67.6 Å². The molecule has 1 saturated carbocycles. The monoisotopic (exact) mass is 542 g/mol. The number of carbonyl (C=O) groups is 2. The van der Waals surface area contributed by atoms with Gasteiger partial charge < -0.3 is 29.7 Å². The van der Waals surface area contributed by atoms with Gasteiger partial charge in [0.1, 0.15) is 17.3 Å². The Hall–Kier alpha value is -4.22. The maximum atomic E-state index is 13.5. The Balaban J connectivity index is 1.21. The summed E-state index contributed by atoms with van der Waals surface area (Å²) in [6.07, 6.45) is 0.995. The highest BCUT2D eigenvalue weighted by atomic mass is 19.4. The molecule has 2 aliphatic rings. The van der Waals surface area contributed by atoms with Crippen molar-refractivity contribution in [2.75, 3.05) is 41.7 Å². The van der Waals surface area contributed by atoms with Crippen molar-refractivity contribution < 1.29 is 27.5 Å². The van der Waals surface area contributed by atoms with Crippen LogP contribution in [0.1, 0.15) is 28.9 Å². The van der Waals surface area contributed by atoms with Crippen LogP contribution >= 0.6 is 0 Å². The number of nitrogens with zero attached hydrogens (tertiary/aromatic N) is 4. The van der Waals surface area contributed by atoms with E-state index in [9.17, 15) is 22.8 Å². The Morgan fingerprint density at radius 1 is 1.00 bits per heavy atom. The predicted molar refractivity (Wildman–Crippen MR) is 140 cm³/mol. The third kappa shape index (κ3) is 7.01. The fraction of sp³-hybridized carbons (Fsp3) is 0.370. The van der Waals surface area contributed by atoms with Crippen LogP contribution in [0.15, 0.2) is 54.9 Å². The van der Waals surface area contributed by atoms with Gasteiger partial charge in [-0.15, -0.1) is 13.2 Å². The Morgan fingerprint density at radius 2 is 1.69 bits per heavy atom. The summed E-state index contributed by atoms with van der Waals surface area (Å²) in [7, 11) is 0. The molecule has 3 aromatic rings. The molecule has 3 heterocycles. The third-order valence-corrected chi connectivity index (χ3v) is 6.66. The molecule has 12 heteroatoms. The molecule has 1 aliphatic carbocycles. The maximum Gasteiger partial charge on any atom is 0.573 e. The van der Waals surface area contributed by atoms with Crippen molar-refractivity contribution in [2.24, 2.45) is 5.92 Å². The van der Waals surface area contributed by atoms with E-state index in [0.717, 1.165) is 36.4 Å². The van der Waals surface area contributed by atoms with Crippen molar-refractivity contribution in [1.29, 1.82) is 0 Å². The number of pyridine rings is 1. The summed E-state index contributed by atoms with van der Waals surface area (Å²) < 4.78 is 42.8. The zero-order valence-electron chi connectivity index (χ0n) is 21.4. The van der Waals surface area contributed by atoms with E-state index in [1.807, 2.05) is 34.7 Å². The van der Waals surface area contributed by atoms with E-state index in [0.29, 0.717) is 50.0 Å². The molecule has 0 atom stereocenters. The highest BCUT2D eigenvalue weighted by Gasteiger charge is 2.31. The van der Waals surface area contributed by atoms with Crippen molar-refractivity contribution in [3.63, 3.8) is 0 Å². The summed E-state index contributed by atoms with van der Waals surface area (Å²) in [5.41, 5.74) is 2.34. The highest BCUT2D eigenvalue weighted by molar-refractivity contribution is 6.01. The second kappa shape index (κ2) is 10.9. The second-order valence-electron chi connectivity index (χ2n) is 9.83. The summed E-state index contributed by atoms with van der Waals surface area (Å²) in [6, 6.07) is 9.92. The largest absolute Gasteiger partial charge is 0.573 e. The lowest BCUT2D eigenvalue weighted by molar-refractivity contribution is -0.274. The van der Waals surface area contributed by atoms with E-state index in [-0.39, 0.29) is 17.3 Å². The van der Waals surface area contributed by atoms with Gasteiger partial charge in [-0.1, -0.05) is 6.07 Å². The van der Waals surface area contributed by atoms with Crippen LogP contribution in [-0.4, -0.2) is 58.9 Å². The first-order valence-corrected chi connectivity index (χ1v) is 12.7. The van der Waals surface area contributed by atoms with Gasteiger partial charge in [0.25, 0.3) is 5.91 Å². The first-order chi connectivity index (χ1) is 18.6. The molecule has 5 rings (SSSR count). The average Bonchev–Trinajstić information content (AvgIpc) is 3.63. The number of anilines is 3. The first-order valence-electron chi connectivity index (χ1n) is 12.7. The zero-order valence-corrected chi connectivity index (χ0v) is 21.4. The summed E-state index contributed by atoms with van der Waals surface area (Å²) >= 11 is 0. The fourth-order valence-corrected chi connectivity index (χ4v) is 4.47. The number of carbonyl (C=O) groups excluding carboxylic acids is 2. The quantitative estimate of drug-likeness (QED) is 0.433. The van der Waals surface area contributed by atoms with Crippen LogP contribution in [0.2, 0.25) is 0 Å². The topological polar surface area (TPSA) is 91.7 Å². The van der Waals surface area contributed by atoms with Crippen molar-refractivity contribution in [3.8, 4) is 5.75 Å². The summed E-state index contributed by atoms with van der Waals surface area (Å²) in [5, 5.41) is 5.30. The Bertz CT molecular complexity index is 1310. The lowest BCUT2D eigenvalue weighted by Crippen LogP contribution is -2.49. The summed E-state index contributed by atoms with van der Waals surface area (Å²) in [4.78, 5) is 34.5. The van der Waals surface area contributed by atoms with E-state index in [1.165, 1.54) is 12.1 Å². The molecule has 0 radical (unpaired) electrons. The number of hydrogen-bond acceptors (Lipinski definition) is 5. The van der Waals surface area contributed by atoms with Crippen molar-refractivity contribution in [2.45, 2.75) is 32.7 Å². The Labute approximate surface area is 223 Å². The molecule has 2 N–H and O–H groups in total. The van der Waals surface area contributed by atoms with Crippen LogP contribution in [0.3, 0.4) is 0 Å². The number of aromatic nitrogens is 2. The van der Waals surface area contributed by atoms with Crippen molar-refractivity contribution in [1.82, 2.24) is 14.5 Å². The van der Waals surface area contributed by atoms with E-state index in [4.69, 9.17) is 0 Å². The number of halogens is 3. The predicted octanol–water partition coefficient (Wildman–Crippen LogP) is 5.11. The Morgan fingerprint density at radius 3 is 2.31 bits per heavy atom. The molecule has 3 amide bonds. The highest BCUT2D eigenvalue weighted by Crippen LogP contribution is 2.32. The molecule has 2 aromatic heterocycles. The maximum absolute atomic E-state index is 13.5. The van der Waals surface area contributed by atoms with Crippen LogP contribution in [0.5, 0.6) is 5.75 Å². The second-order valence-corrected chi connectivity index (χ2v) is 9.83. The van der Waals surface area contributed by atoms with E-state index in [1.54, 1.807) is 12.3 Å². The molecule has 0 spiro atoms. The van der Waals surface area contributed by atoms with Gasteiger partial charge in [0, 0.05) is 50.8 Å². The molecule has 2 fully saturated rings. The number of benzene rings is 1. The molecule has 9 nitrogen and oxygen atoms in total. The van der Waals surface area contributed by atoms with E-state index < -0.39 is 12.4 Å². The number of nitrogens with one attached hydrogen (secondary N) is 2. The number of rotatable bonds is 7. The van der Waals surface area contributed by atoms with E-state index in [2.05, 4.69) is 25.3 Å². The molecular formula is C27H29F3N6O3. The summed E-state index contributed by atoms with van der Waals surface area (Å²) in [5.74, 6) is 0.919. The van der Waals surface area contributed by atoms with Crippen LogP contribution in [0.25, 0.3) is 0 Å². The number of amides is 3. The number of urea groups is 1. The summed E-state index contributed by atoms with van der Waals surface area (Å²) in [6.45, 7) is 5.14. The van der Waals surface area contributed by atoms with Crippen LogP contribution in [0.4, 0.5) is 35.2 Å². The first kappa shape index (κ1) is 26.4. The van der Waals surface area contributed by atoms with Crippen LogP contribution in [-0.2, 0) is 6.54 Å². The molecule has 0 unspecified atom stereocenters. The van der Waals surface area contributed by atoms with Gasteiger partial charge in [-0.3, -0.25) is 4.79 Å². The third-order valence-electron chi connectivity index (χ3n) is 6.66. The van der Waals surface area contributed by atoms with Crippen molar-refractivity contribution in [3.05, 3.63) is 66.1 Å². The molecule has 1 aromatic carbocycles. The Kier molecular flexibility index (Phi) is 7.36. The standard InChI is InChI=1S/C27H29F3N6O3/c1-18-2-9-24(31-15-18)34-10-12-35(13-11-34)25(37)23-14-21(17-36(23)16-19-3-4-19)33-26(38)32-20-5-7-22(8-6-20)39-27(28,29)30/h2,5-9,14-15,17,19H,3-4,10-13,16H2,1H3,(H2,32,33,38). The minimum atomic E-state index is -4.79. The van der Waals surface area contributed by atoms with E-state index >= 15 is 0 Å². The molecule has 39 heavy (non-hydrogen) atoms. The van der Waals surface area contributed by atoms with Gasteiger partial charge in [-0.25, -0.2) is 9.78 Å². The number of ether oxygens (including phenoxy) is 1. The molecule has 206 valence electrons. The van der Waals surface area contributed by atoms with Crippen LogP contribution in [0, 0.1) is 12.8 Å². The zero-order chi connectivity index (χ0) is 27.6. The van der Waals surface area contributed by atoms with Crippen LogP contribution < -0.4 is 20.3 Å². The smallest absolute Gasteiger partial charge is 0.406 e. The van der Waals surface area contributed by atoms with Gasteiger partial charge in [0.2, 0.25) is 0 Å².